The van der Waals surface area contributed by atoms with E-state index < -0.39 is 96.3 Å². The van der Waals surface area contributed by atoms with E-state index in [4.69, 9.17) is 33.3 Å². The maximum atomic E-state index is 12.9. The van der Waals surface area contributed by atoms with Crippen LogP contribution in [0.15, 0.2) is 40.1 Å². The highest BCUT2D eigenvalue weighted by atomic mass is 79.9. The maximum absolute atomic E-state index is 12.9. The number of hydrogen-bond donors (Lipinski definition) is 6. The summed E-state index contributed by atoms with van der Waals surface area (Å²) in [5.74, 6) is -1.77. The first kappa shape index (κ1) is 59.0. The number of methoxy groups -OCH3 is 1. The van der Waals surface area contributed by atoms with E-state index in [0.29, 0.717) is 38.9 Å². The second kappa shape index (κ2) is 24.8. The fourth-order valence-corrected chi connectivity index (χ4v) is 11.8. The van der Waals surface area contributed by atoms with Gasteiger partial charge in [-0.3, -0.25) is 0 Å². The van der Waals surface area contributed by atoms with Gasteiger partial charge in [0.15, 0.2) is 25.0 Å². The van der Waals surface area contributed by atoms with Crippen LogP contribution in [0, 0.1) is 17.8 Å². The average Bonchev–Trinajstić information content (AvgIpc) is 3.99. The lowest BCUT2D eigenvalue weighted by Gasteiger charge is -2.49. The van der Waals surface area contributed by atoms with Gasteiger partial charge in [-0.05, 0) is 118 Å². The quantitative estimate of drug-likeness (QED) is 0.155. The van der Waals surface area contributed by atoms with E-state index in [0.717, 1.165) is 27.9 Å². The van der Waals surface area contributed by atoms with Crippen LogP contribution in [-0.4, -0.2) is 198 Å². The highest BCUT2D eigenvalue weighted by Crippen LogP contribution is 2.41. The predicted molar refractivity (Wildman–Crippen MR) is 273 cm³/mol. The summed E-state index contributed by atoms with van der Waals surface area (Å²) in [4.78, 5) is 9.80. The van der Waals surface area contributed by atoms with Gasteiger partial charge in [-0.1, -0.05) is 66.1 Å². The first-order valence-electron chi connectivity index (χ1n) is 26.1. The summed E-state index contributed by atoms with van der Waals surface area (Å²) in [6, 6.07) is 7.09. The molecule has 20 atom stereocenters. The minimum absolute atomic E-state index is 0.136. The van der Waals surface area contributed by atoms with E-state index >= 15 is 0 Å². The summed E-state index contributed by atoms with van der Waals surface area (Å²) in [5, 5.41) is 85.0. The number of oxime groups is 1. The Kier molecular flexibility index (Phi) is 20.3. The molecule has 410 valence electrons. The van der Waals surface area contributed by atoms with Crippen molar-refractivity contribution in [3.63, 3.8) is 0 Å². The van der Waals surface area contributed by atoms with E-state index in [9.17, 15) is 30.6 Å². The number of aryl methyl sites for hydroxylation is 1. The third-order valence-electron chi connectivity index (χ3n) is 16.1. The number of aromatic nitrogens is 3. The molecule has 1 unspecified atom stereocenters. The Hall–Kier alpha value is -2.25. The molecule has 3 saturated heterocycles. The highest BCUT2D eigenvalue weighted by Gasteiger charge is 2.52. The minimum Gasteiger partial charge on any atom is -0.390 e. The van der Waals surface area contributed by atoms with Crippen LogP contribution in [0.4, 0.5) is 0 Å². The van der Waals surface area contributed by atoms with Crippen molar-refractivity contribution in [2.45, 2.75) is 223 Å². The van der Waals surface area contributed by atoms with Crippen molar-refractivity contribution in [2.75, 3.05) is 34.3 Å². The van der Waals surface area contributed by atoms with Gasteiger partial charge in [-0.25, -0.2) is 4.68 Å². The highest BCUT2D eigenvalue weighted by molar-refractivity contribution is 9.10. The van der Waals surface area contributed by atoms with Gasteiger partial charge in [-0.15, -0.1) is 5.10 Å². The van der Waals surface area contributed by atoms with Gasteiger partial charge in [0.2, 0.25) is 0 Å². The molecule has 6 rings (SSSR count). The van der Waals surface area contributed by atoms with E-state index in [1.54, 1.807) is 32.4 Å². The first-order chi connectivity index (χ1) is 33.8. The molecule has 3 fully saturated rings. The van der Waals surface area contributed by atoms with E-state index in [1.165, 1.54) is 14.0 Å². The van der Waals surface area contributed by atoms with Crippen LogP contribution in [0.5, 0.6) is 0 Å². The van der Waals surface area contributed by atoms with Crippen molar-refractivity contribution >= 4 is 21.6 Å². The minimum atomic E-state index is -1.77. The Balaban J connectivity index is 1.20. The summed E-state index contributed by atoms with van der Waals surface area (Å²) in [6.45, 7) is 19.6. The molecule has 4 aliphatic rings. The molecule has 5 heterocycles. The number of rotatable bonds is 14. The lowest BCUT2D eigenvalue weighted by Crippen LogP contribution is -2.61. The normalized spacial score (nSPS) is 42.2. The molecular formula is C52H87BrN6O13. The van der Waals surface area contributed by atoms with Crippen LogP contribution in [0.3, 0.4) is 0 Å². The van der Waals surface area contributed by atoms with Crippen LogP contribution >= 0.6 is 15.9 Å². The fraction of sp³-hybridized carbons (Fsp3) is 0.827. The molecule has 6 N–H and O–H groups in total. The Bertz CT molecular complexity index is 2030. The van der Waals surface area contributed by atoms with E-state index in [2.05, 4.69) is 36.3 Å². The van der Waals surface area contributed by atoms with Gasteiger partial charge in [0, 0.05) is 61.1 Å². The third-order valence-corrected chi connectivity index (χ3v) is 16.6. The Morgan fingerprint density at radius 2 is 1.61 bits per heavy atom. The lowest BCUT2D eigenvalue weighted by atomic mass is 9.77. The number of hydrogen-bond acceptors (Lipinski definition) is 18. The monoisotopic (exact) mass is 1080 g/mol. The summed E-state index contributed by atoms with van der Waals surface area (Å²) in [5.41, 5.74) is -1.63. The number of aliphatic hydroxyl groups excluding tert-OH is 4. The van der Waals surface area contributed by atoms with E-state index in [1.807, 2.05) is 84.1 Å². The Morgan fingerprint density at radius 1 is 0.917 bits per heavy atom. The molecule has 1 aromatic heterocycles. The lowest BCUT2D eigenvalue weighted by molar-refractivity contribution is -0.326. The molecule has 0 bridgehead atoms. The van der Waals surface area contributed by atoms with Crippen LogP contribution in [-0.2, 0) is 46.2 Å². The van der Waals surface area contributed by atoms with Gasteiger partial charge >= 0.3 is 0 Å². The largest absolute Gasteiger partial charge is 0.390 e. The zero-order valence-electron chi connectivity index (χ0n) is 44.9. The Labute approximate surface area is 435 Å². The average molecular weight is 1080 g/mol. The summed E-state index contributed by atoms with van der Waals surface area (Å²) in [7, 11) is 5.36. The van der Waals surface area contributed by atoms with Crippen LogP contribution < -0.4 is 0 Å². The van der Waals surface area contributed by atoms with Gasteiger partial charge < -0.3 is 73.7 Å². The molecule has 0 radical (unpaired) electrons. The second-order valence-electron chi connectivity index (χ2n) is 22.4. The van der Waals surface area contributed by atoms with Gasteiger partial charge in [0.25, 0.3) is 0 Å². The van der Waals surface area contributed by atoms with Crippen molar-refractivity contribution in [1.29, 1.82) is 0 Å². The molecule has 1 aromatic carbocycles. The molecule has 2 aromatic rings. The molecule has 19 nitrogen and oxygen atoms in total. The van der Waals surface area contributed by atoms with Crippen LogP contribution in [0.25, 0.3) is 0 Å². The maximum Gasteiger partial charge on any atom is 0.185 e. The first-order valence-corrected chi connectivity index (χ1v) is 26.8. The number of benzene rings is 1. The Morgan fingerprint density at radius 3 is 2.28 bits per heavy atom. The van der Waals surface area contributed by atoms with Crippen molar-refractivity contribution in [3.8, 4) is 0 Å². The zero-order valence-corrected chi connectivity index (χ0v) is 46.5. The summed E-state index contributed by atoms with van der Waals surface area (Å²) >= 11 is 3.48. The molecule has 72 heavy (non-hydrogen) atoms. The summed E-state index contributed by atoms with van der Waals surface area (Å²) in [6.07, 6.45) is -6.04. The fourth-order valence-electron chi connectivity index (χ4n) is 11.6. The molecule has 0 amide bonds. The third kappa shape index (κ3) is 14.0. The van der Waals surface area contributed by atoms with Gasteiger partial charge in [0.1, 0.15) is 23.9 Å². The van der Waals surface area contributed by atoms with E-state index in [-0.39, 0.29) is 43.4 Å². The molecule has 0 spiro atoms. The zero-order chi connectivity index (χ0) is 53.0. The molecule has 0 saturated carbocycles. The number of ether oxygens (including phenoxy) is 6. The summed E-state index contributed by atoms with van der Waals surface area (Å²) < 4.78 is 41.5. The smallest absolute Gasteiger partial charge is 0.185 e. The molecular weight excluding hydrogens is 997 g/mol. The van der Waals surface area contributed by atoms with Crippen LogP contribution in [0.1, 0.15) is 119 Å². The van der Waals surface area contributed by atoms with Crippen LogP contribution in [0.2, 0.25) is 0 Å². The SMILES string of the molecule is CC[C@H]1OC(O)[C@H](C)[C@@H](O[C@H]2C[C@@](C)(OC)[C@@H](O)[C@H](C)O2)[C@H](C)[C@@H](O[C@@H]2O[C@H](C)C[C@H](N(C)CCCc3cn(C[C@H]4CC(c5ccc(Br)cc5)=NO4)nn3)[C@H]2O)[C@](C)(O)C[C@@H](C)CN(C)[C@H](C)[C@@H](O)[C@]1(C)O. The second-order valence-corrected chi connectivity index (χ2v) is 23.3. The topological polar surface area (TPSA) is 236 Å². The molecule has 20 heteroatoms. The number of halogens is 1. The molecule has 4 aliphatic heterocycles. The van der Waals surface area contributed by atoms with Gasteiger partial charge in [-0.2, -0.15) is 0 Å². The van der Waals surface area contributed by atoms with Gasteiger partial charge in [0.05, 0.1) is 59.7 Å². The van der Waals surface area contributed by atoms with Crippen molar-refractivity contribution < 1.29 is 63.9 Å². The number of likely N-dealkylation sites (N-methyl/N-ethyl adjacent to an activating group) is 2. The predicted octanol–water partition coefficient (Wildman–Crippen LogP) is 4.24. The number of nitrogens with zero attached hydrogens (tertiary/aromatic N) is 6. The van der Waals surface area contributed by atoms with Crippen molar-refractivity contribution in [1.82, 2.24) is 24.8 Å². The number of aliphatic hydroxyl groups is 6. The molecule has 0 aliphatic carbocycles. The van der Waals surface area contributed by atoms with Crippen molar-refractivity contribution in [3.05, 3.63) is 46.2 Å². The standard InChI is InChI=1S/C52H87BrN6O13/c1-14-41-52(10,65)45(61)33(6)58(12)26-29(2)24-50(8,64)47(31(4)44(32(5)48(63)69-41)70-42-25-51(9,66-13)46(62)34(7)68-42)71-49-43(60)40(22-30(3)67-49)57(11)21-15-16-37-27-59(56-54-37)28-38-23-39(55-72-38)35-17-19-36(53)20-18-35/h17-20,27,29-34,38,40-49,60-65H,14-16,21-26,28H2,1-13H3/t29-,30-,31+,32-,33-,34+,38-,40+,41-,42+,43-,44+,45-,46+,47-,48?,49+,50-,51-,52-/m1/s1. The van der Waals surface area contributed by atoms with Crippen molar-refractivity contribution in [2.24, 2.45) is 22.9 Å².